The van der Waals surface area contributed by atoms with Gasteiger partial charge in [0.25, 0.3) is 0 Å². The lowest BCUT2D eigenvalue weighted by Crippen LogP contribution is -2.49. The molecule has 6 rings (SSSR count). The molecule has 0 aliphatic carbocycles. The van der Waals surface area contributed by atoms with Gasteiger partial charge in [-0.2, -0.15) is 0 Å². The maximum Gasteiger partial charge on any atom is 0.328 e. The number of para-hydroxylation sites is 1. The van der Waals surface area contributed by atoms with Crippen LogP contribution in [0.4, 0.5) is 5.69 Å². The monoisotopic (exact) mass is 585 g/mol. The molecular formula is C36H31N3O5. The van der Waals surface area contributed by atoms with E-state index in [9.17, 15) is 14.4 Å². The molecular weight excluding hydrogens is 554 g/mol. The number of aromatic amines is 1. The summed E-state index contributed by atoms with van der Waals surface area (Å²) in [6.07, 6.45) is 2.45. The molecule has 2 aromatic heterocycles. The van der Waals surface area contributed by atoms with Gasteiger partial charge in [-0.25, -0.2) is 4.79 Å². The minimum Gasteiger partial charge on any atom is -0.467 e. The number of ether oxygens (including phenoxy) is 1. The first-order valence-electron chi connectivity index (χ1n) is 14.4. The van der Waals surface area contributed by atoms with Gasteiger partial charge in [-0.1, -0.05) is 78.9 Å². The Morgan fingerprint density at radius 2 is 1.55 bits per heavy atom. The van der Waals surface area contributed by atoms with Crippen LogP contribution in [-0.4, -0.2) is 36.1 Å². The Labute approximate surface area is 253 Å². The molecule has 8 nitrogen and oxygen atoms in total. The molecule has 0 saturated carbocycles. The number of methoxy groups -OCH3 is 1. The summed E-state index contributed by atoms with van der Waals surface area (Å²) in [5, 5.41) is 7.65. The molecule has 220 valence electrons. The van der Waals surface area contributed by atoms with E-state index >= 15 is 0 Å². The summed E-state index contributed by atoms with van der Waals surface area (Å²) >= 11 is 0. The summed E-state index contributed by atoms with van der Waals surface area (Å²) in [5.41, 5.74) is 4.39. The molecule has 6 aromatic rings. The van der Waals surface area contributed by atoms with Crippen molar-refractivity contribution in [2.24, 2.45) is 0 Å². The molecule has 0 fully saturated rings. The predicted octanol–water partition coefficient (Wildman–Crippen LogP) is 5.87. The van der Waals surface area contributed by atoms with Gasteiger partial charge in [0.15, 0.2) is 5.43 Å². The number of rotatable bonds is 10. The van der Waals surface area contributed by atoms with E-state index in [4.69, 9.17) is 9.15 Å². The number of hydrogen-bond acceptors (Lipinski definition) is 6. The average Bonchev–Trinajstić information content (AvgIpc) is 3.47. The van der Waals surface area contributed by atoms with Gasteiger partial charge < -0.3 is 24.8 Å². The van der Waals surface area contributed by atoms with E-state index in [1.165, 1.54) is 13.2 Å². The Morgan fingerprint density at radius 3 is 2.32 bits per heavy atom. The van der Waals surface area contributed by atoms with E-state index in [0.717, 1.165) is 27.6 Å². The zero-order valence-electron chi connectivity index (χ0n) is 24.1. The lowest BCUT2D eigenvalue weighted by molar-refractivity contribution is -0.145. The molecule has 4 aromatic carbocycles. The largest absolute Gasteiger partial charge is 0.467 e. The van der Waals surface area contributed by atoms with Crippen LogP contribution in [0.2, 0.25) is 0 Å². The number of carbonyl (C=O) groups is 2. The lowest BCUT2D eigenvalue weighted by atomic mass is 10.0. The molecule has 2 atom stereocenters. The second-order valence-electron chi connectivity index (χ2n) is 10.6. The van der Waals surface area contributed by atoms with Gasteiger partial charge in [0, 0.05) is 53.3 Å². The number of aromatic nitrogens is 1. The van der Waals surface area contributed by atoms with Crippen molar-refractivity contribution in [1.29, 1.82) is 0 Å². The fraction of sp³-hybridized carbons (Fsp3) is 0.139. The summed E-state index contributed by atoms with van der Waals surface area (Å²) in [4.78, 5) is 42.8. The SMILES string of the molecule is COC(=O)[C@H](Cc1c[nH]c2ccccc12)NC(=O)[C@H](Cc1ccccc1)Nc1ccc2c(=O)cc(-c3ccccc3)oc2c1. The normalized spacial score (nSPS) is 12.5. The van der Waals surface area contributed by atoms with Crippen molar-refractivity contribution >= 4 is 39.4 Å². The van der Waals surface area contributed by atoms with E-state index in [0.29, 0.717) is 28.8 Å². The van der Waals surface area contributed by atoms with Crippen LogP contribution in [0.5, 0.6) is 0 Å². The van der Waals surface area contributed by atoms with Gasteiger partial charge in [-0.3, -0.25) is 9.59 Å². The van der Waals surface area contributed by atoms with E-state index in [1.54, 1.807) is 18.2 Å². The molecule has 0 aliphatic rings. The van der Waals surface area contributed by atoms with Crippen molar-refractivity contribution in [3.63, 3.8) is 0 Å². The third-order valence-corrected chi connectivity index (χ3v) is 7.63. The highest BCUT2D eigenvalue weighted by atomic mass is 16.5. The second kappa shape index (κ2) is 12.7. The molecule has 0 radical (unpaired) electrons. The molecule has 0 aliphatic heterocycles. The summed E-state index contributed by atoms with van der Waals surface area (Å²) < 4.78 is 11.2. The Hall–Kier alpha value is -5.63. The van der Waals surface area contributed by atoms with Gasteiger partial charge >= 0.3 is 5.97 Å². The van der Waals surface area contributed by atoms with Crippen LogP contribution in [0, 0.1) is 0 Å². The molecule has 8 heteroatoms. The zero-order valence-corrected chi connectivity index (χ0v) is 24.1. The van der Waals surface area contributed by atoms with Crippen LogP contribution in [0.25, 0.3) is 33.2 Å². The Balaban J connectivity index is 1.29. The fourth-order valence-corrected chi connectivity index (χ4v) is 5.38. The van der Waals surface area contributed by atoms with Crippen molar-refractivity contribution < 1.29 is 18.7 Å². The molecule has 0 spiro atoms. The zero-order chi connectivity index (χ0) is 30.5. The summed E-state index contributed by atoms with van der Waals surface area (Å²) in [6.45, 7) is 0. The van der Waals surface area contributed by atoms with Crippen LogP contribution in [0.15, 0.2) is 125 Å². The number of anilines is 1. The Morgan fingerprint density at radius 1 is 0.818 bits per heavy atom. The minimum absolute atomic E-state index is 0.159. The van der Waals surface area contributed by atoms with Crippen LogP contribution in [0.3, 0.4) is 0 Å². The van der Waals surface area contributed by atoms with Crippen LogP contribution in [0.1, 0.15) is 11.1 Å². The molecule has 0 bridgehead atoms. The van der Waals surface area contributed by atoms with Crippen molar-refractivity contribution in [2.45, 2.75) is 24.9 Å². The second-order valence-corrected chi connectivity index (χ2v) is 10.6. The number of fused-ring (bicyclic) bond motifs is 2. The number of esters is 1. The topological polar surface area (TPSA) is 113 Å². The maximum absolute atomic E-state index is 13.9. The molecule has 44 heavy (non-hydrogen) atoms. The van der Waals surface area contributed by atoms with E-state index in [2.05, 4.69) is 15.6 Å². The number of amides is 1. The maximum atomic E-state index is 13.9. The third-order valence-electron chi connectivity index (χ3n) is 7.63. The Bertz CT molecular complexity index is 1980. The summed E-state index contributed by atoms with van der Waals surface area (Å²) in [7, 11) is 1.31. The third kappa shape index (κ3) is 6.24. The van der Waals surface area contributed by atoms with E-state index in [1.807, 2.05) is 91.1 Å². The molecule has 0 unspecified atom stereocenters. The van der Waals surface area contributed by atoms with Crippen molar-refractivity contribution in [3.05, 3.63) is 137 Å². The standard InChI is InChI=1S/C36H31N3O5/c1-43-36(42)31(19-25-22-37-29-15-9-8-14-27(25)29)39-35(41)30(18-23-10-4-2-5-11-23)38-26-16-17-28-32(40)21-33(44-34(28)20-26)24-12-6-3-7-13-24/h2-17,20-22,30-31,37-38H,18-19H2,1H3,(H,39,41)/t30-,31-/m0/s1. The van der Waals surface area contributed by atoms with Gasteiger partial charge in [-0.05, 0) is 29.3 Å². The summed E-state index contributed by atoms with van der Waals surface area (Å²) in [5.74, 6) is -0.455. The molecule has 1 amide bonds. The molecule has 2 heterocycles. The molecule has 0 saturated heterocycles. The highest BCUT2D eigenvalue weighted by molar-refractivity contribution is 5.91. The van der Waals surface area contributed by atoms with Gasteiger partial charge in [0.2, 0.25) is 5.91 Å². The highest BCUT2D eigenvalue weighted by Crippen LogP contribution is 2.25. The number of carbonyl (C=O) groups excluding carboxylic acids is 2. The first-order valence-corrected chi connectivity index (χ1v) is 14.4. The minimum atomic E-state index is -0.908. The van der Waals surface area contributed by atoms with E-state index < -0.39 is 18.1 Å². The van der Waals surface area contributed by atoms with Gasteiger partial charge in [0.1, 0.15) is 23.4 Å². The number of hydrogen-bond donors (Lipinski definition) is 3. The number of nitrogens with one attached hydrogen (secondary N) is 3. The van der Waals surface area contributed by atoms with Crippen molar-refractivity contribution in [2.75, 3.05) is 12.4 Å². The van der Waals surface area contributed by atoms with Crippen molar-refractivity contribution in [1.82, 2.24) is 10.3 Å². The number of H-pyrrole nitrogens is 1. The average molecular weight is 586 g/mol. The number of benzene rings is 4. The quantitative estimate of drug-likeness (QED) is 0.174. The lowest BCUT2D eigenvalue weighted by Gasteiger charge is -2.23. The van der Waals surface area contributed by atoms with Crippen LogP contribution < -0.4 is 16.1 Å². The Kier molecular flexibility index (Phi) is 8.23. The first-order chi connectivity index (χ1) is 21.5. The fourth-order valence-electron chi connectivity index (χ4n) is 5.38. The predicted molar refractivity (Wildman–Crippen MR) is 171 cm³/mol. The van der Waals surface area contributed by atoms with Crippen LogP contribution >= 0.6 is 0 Å². The summed E-state index contributed by atoms with van der Waals surface area (Å²) in [6, 6.07) is 31.8. The van der Waals surface area contributed by atoms with E-state index in [-0.39, 0.29) is 17.8 Å². The highest BCUT2D eigenvalue weighted by Gasteiger charge is 2.28. The first kappa shape index (κ1) is 28.5. The molecule has 3 N–H and O–H groups in total. The van der Waals surface area contributed by atoms with Crippen molar-refractivity contribution in [3.8, 4) is 11.3 Å². The van der Waals surface area contributed by atoms with Gasteiger partial charge in [-0.15, -0.1) is 0 Å². The smallest absolute Gasteiger partial charge is 0.328 e. The van der Waals surface area contributed by atoms with Gasteiger partial charge in [0.05, 0.1) is 12.5 Å². The van der Waals surface area contributed by atoms with Crippen LogP contribution in [-0.2, 0) is 27.2 Å².